The number of rotatable bonds is 8. The first-order valence-electron chi connectivity index (χ1n) is 10.7. The number of aryl methyl sites for hydroxylation is 1. The predicted octanol–water partition coefficient (Wildman–Crippen LogP) is 1.81. The van der Waals surface area contributed by atoms with Crippen molar-refractivity contribution in [1.29, 1.82) is 5.41 Å². The average molecular weight is 470 g/mol. The van der Waals surface area contributed by atoms with E-state index in [2.05, 4.69) is 20.6 Å². The van der Waals surface area contributed by atoms with Gasteiger partial charge in [0.25, 0.3) is 5.91 Å². The third-order valence-electron chi connectivity index (χ3n) is 5.71. The molecule has 0 radical (unpaired) electrons. The highest BCUT2D eigenvalue weighted by Gasteiger charge is 2.36. The zero-order chi connectivity index (χ0) is 24.8. The molecule has 0 spiro atoms. The first kappa shape index (κ1) is 26.1. The Morgan fingerprint density at radius 2 is 1.94 bits per heavy atom. The number of allylic oxidation sites excluding steroid dienone is 1. The highest BCUT2D eigenvalue weighted by molar-refractivity contribution is 5.98. The van der Waals surface area contributed by atoms with Gasteiger partial charge in [0.05, 0.1) is 0 Å². The summed E-state index contributed by atoms with van der Waals surface area (Å²) in [4.78, 5) is 33.5. The molecule has 1 fully saturated rings. The van der Waals surface area contributed by atoms with Crippen molar-refractivity contribution >= 4 is 23.8 Å². The first-order chi connectivity index (χ1) is 15.5. The van der Waals surface area contributed by atoms with Crippen LogP contribution in [0.3, 0.4) is 0 Å². The Morgan fingerprint density at radius 1 is 1.30 bits per heavy atom. The van der Waals surface area contributed by atoms with E-state index in [4.69, 9.17) is 11.1 Å². The minimum absolute atomic E-state index is 0.148. The quantitative estimate of drug-likeness (QED) is 0.339. The second kappa shape index (κ2) is 11.1. The maximum atomic E-state index is 12.8. The van der Waals surface area contributed by atoms with Crippen LogP contribution in [0.25, 0.3) is 0 Å². The van der Waals surface area contributed by atoms with E-state index in [1.165, 1.54) is 13.0 Å². The first-order valence-corrected chi connectivity index (χ1v) is 10.7. The minimum Gasteiger partial charge on any atom is -0.384 e. The number of halogens is 3. The van der Waals surface area contributed by atoms with Crippen molar-refractivity contribution in [2.45, 2.75) is 51.7 Å². The van der Waals surface area contributed by atoms with E-state index >= 15 is 0 Å². The van der Waals surface area contributed by atoms with E-state index in [1.807, 2.05) is 0 Å². The number of piperidine rings is 1. The largest absolute Gasteiger partial charge is 0.451 e. The van der Waals surface area contributed by atoms with E-state index in [-0.39, 0.29) is 29.0 Å². The fourth-order valence-electron chi connectivity index (χ4n) is 3.81. The van der Waals surface area contributed by atoms with E-state index in [1.54, 1.807) is 18.9 Å². The molecule has 2 heterocycles. The van der Waals surface area contributed by atoms with Crippen LogP contribution in [0.5, 0.6) is 0 Å². The molecule has 1 aliphatic rings. The van der Waals surface area contributed by atoms with Gasteiger partial charge in [0.1, 0.15) is 17.6 Å². The number of nitrogen functional groups attached to an aromatic ring is 1. The molecule has 0 aliphatic carbocycles. The van der Waals surface area contributed by atoms with Gasteiger partial charge in [-0.05, 0) is 51.5 Å². The molecule has 1 aromatic rings. The second-order valence-electron chi connectivity index (χ2n) is 7.99. The van der Waals surface area contributed by atoms with Gasteiger partial charge in [-0.1, -0.05) is 0 Å². The molecule has 1 saturated heterocycles. The molecule has 1 unspecified atom stereocenters. The van der Waals surface area contributed by atoms with Gasteiger partial charge < -0.3 is 26.7 Å². The summed E-state index contributed by atoms with van der Waals surface area (Å²) in [6.45, 7) is 4.16. The predicted molar refractivity (Wildman–Crippen MR) is 117 cm³/mol. The Hall–Kier alpha value is -3.18. The van der Waals surface area contributed by atoms with Gasteiger partial charge in [-0.15, -0.1) is 0 Å². The molecule has 9 nitrogen and oxygen atoms in total. The van der Waals surface area contributed by atoms with Crippen LogP contribution in [0.1, 0.15) is 43.3 Å². The number of carbonyl (C=O) groups excluding carboxylic acids is 2. The van der Waals surface area contributed by atoms with Crippen LogP contribution in [-0.4, -0.2) is 59.1 Å². The summed E-state index contributed by atoms with van der Waals surface area (Å²) in [6, 6.07) is -0.719. The molecule has 12 heteroatoms. The van der Waals surface area contributed by atoms with E-state index in [9.17, 15) is 22.8 Å². The van der Waals surface area contributed by atoms with Crippen LogP contribution in [0.2, 0.25) is 0 Å². The topological polar surface area (TPSA) is 137 Å². The van der Waals surface area contributed by atoms with E-state index < -0.39 is 23.9 Å². The molecule has 182 valence electrons. The second-order valence-corrected chi connectivity index (χ2v) is 7.99. The van der Waals surface area contributed by atoms with Crippen molar-refractivity contribution in [3.63, 3.8) is 0 Å². The number of hydrogen-bond acceptors (Lipinski definition) is 7. The molecule has 1 atom stereocenters. The number of likely N-dealkylation sites (N-methyl/N-ethyl adjacent to an activating group) is 1. The van der Waals surface area contributed by atoms with Gasteiger partial charge in [-0.2, -0.15) is 13.2 Å². The summed E-state index contributed by atoms with van der Waals surface area (Å²) in [5.41, 5.74) is 6.70. The maximum absolute atomic E-state index is 12.8. The Labute approximate surface area is 190 Å². The van der Waals surface area contributed by atoms with Crippen molar-refractivity contribution in [3.05, 3.63) is 28.9 Å². The van der Waals surface area contributed by atoms with Crippen LogP contribution in [0.4, 0.5) is 19.0 Å². The number of nitrogens with two attached hydrogens (primary N) is 1. The van der Waals surface area contributed by atoms with Crippen LogP contribution >= 0.6 is 0 Å². The summed E-state index contributed by atoms with van der Waals surface area (Å²) >= 11 is 0. The van der Waals surface area contributed by atoms with E-state index in [0.29, 0.717) is 31.5 Å². The van der Waals surface area contributed by atoms with Gasteiger partial charge in [0.2, 0.25) is 11.7 Å². The Kier molecular flexibility index (Phi) is 8.77. The maximum Gasteiger partial charge on any atom is 0.451 e. The molecule has 5 N–H and O–H groups in total. The highest BCUT2D eigenvalue weighted by atomic mass is 19.4. The average Bonchev–Trinajstić information content (AvgIpc) is 2.75. The van der Waals surface area contributed by atoms with Crippen molar-refractivity contribution < 1.29 is 22.8 Å². The van der Waals surface area contributed by atoms with E-state index in [0.717, 1.165) is 19.1 Å². The number of hydrogen-bond donors (Lipinski definition) is 4. The molecule has 1 aromatic heterocycles. The smallest absolute Gasteiger partial charge is 0.384 e. The minimum atomic E-state index is -4.64. The van der Waals surface area contributed by atoms with Crippen LogP contribution in [0, 0.1) is 18.3 Å². The fourth-order valence-corrected chi connectivity index (χ4v) is 3.81. The number of likely N-dealkylation sites (tertiary alicyclic amines) is 1. The molecular weight excluding hydrogens is 439 g/mol. The summed E-state index contributed by atoms with van der Waals surface area (Å²) in [5.74, 6) is -1.76. The fraction of sp³-hybridized carbons (Fsp3) is 0.571. The van der Waals surface area contributed by atoms with Gasteiger partial charge in [0, 0.05) is 37.6 Å². The van der Waals surface area contributed by atoms with Crippen molar-refractivity contribution in [1.82, 2.24) is 25.5 Å². The number of nitrogens with one attached hydrogen (secondary N) is 3. The van der Waals surface area contributed by atoms with Gasteiger partial charge >= 0.3 is 6.18 Å². The lowest BCUT2D eigenvalue weighted by Gasteiger charge is -2.34. The van der Waals surface area contributed by atoms with Gasteiger partial charge in [-0.3, -0.25) is 9.59 Å². The lowest BCUT2D eigenvalue weighted by atomic mass is 9.90. The van der Waals surface area contributed by atoms with Crippen LogP contribution < -0.4 is 16.4 Å². The van der Waals surface area contributed by atoms with Gasteiger partial charge in [-0.25, -0.2) is 9.97 Å². The summed E-state index contributed by atoms with van der Waals surface area (Å²) in [6.07, 6.45) is 0.285. The number of amides is 2. The number of alkyl halides is 3. The van der Waals surface area contributed by atoms with Crippen molar-refractivity contribution in [3.8, 4) is 0 Å². The Morgan fingerprint density at radius 3 is 2.45 bits per heavy atom. The van der Waals surface area contributed by atoms with Crippen molar-refractivity contribution in [2.24, 2.45) is 5.92 Å². The summed E-state index contributed by atoms with van der Waals surface area (Å²) < 4.78 is 38.5. The molecule has 33 heavy (non-hydrogen) atoms. The third kappa shape index (κ3) is 6.90. The zero-order valence-corrected chi connectivity index (χ0v) is 18.9. The molecule has 2 rings (SSSR count). The van der Waals surface area contributed by atoms with Crippen LogP contribution in [0.15, 0.2) is 11.8 Å². The lowest BCUT2D eigenvalue weighted by molar-refractivity contribution is -0.145. The Balaban J connectivity index is 1.87. The lowest BCUT2D eigenvalue weighted by Crippen LogP contribution is -2.50. The Bertz CT molecular complexity index is 887. The zero-order valence-electron chi connectivity index (χ0n) is 18.9. The number of carbonyl (C=O) groups is 2. The molecule has 0 bridgehead atoms. The number of anilines is 1. The molecule has 0 aromatic carbocycles. The summed E-state index contributed by atoms with van der Waals surface area (Å²) in [5, 5.41) is 12.4. The third-order valence-corrected chi connectivity index (χ3v) is 5.71. The van der Waals surface area contributed by atoms with Gasteiger partial charge in [0.15, 0.2) is 0 Å². The molecule has 2 amide bonds. The normalized spacial score (nSPS) is 16.3. The number of nitrogens with zero attached hydrogens (tertiary/aromatic N) is 3. The SMILES string of the molecule is CN/C(=C\C=N)C(=O)NC(C)C(=O)N1CCC(CCc2c(C)nc(C(F)(F)F)nc2N)CC1. The standard InChI is InChI=1S/C21H30F3N7O2/c1-12-15(17(26)30-20(29-12)21(22,23)24)5-4-14-7-10-31(11-8-14)19(33)13(2)28-18(32)16(27-3)6-9-25/h6,9,13-14,25,27H,4-5,7-8,10-11H2,1-3H3,(H,28,32)(H2,26,29,30)/b16-6-,25-9?. The highest BCUT2D eigenvalue weighted by Crippen LogP contribution is 2.30. The molecule has 1 aliphatic heterocycles. The summed E-state index contributed by atoms with van der Waals surface area (Å²) in [7, 11) is 1.55. The monoisotopic (exact) mass is 469 g/mol. The number of aromatic nitrogens is 2. The molecular formula is C21H30F3N7O2. The van der Waals surface area contributed by atoms with Crippen LogP contribution in [-0.2, 0) is 22.2 Å². The molecule has 0 saturated carbocycles. The van der Waals surface area contributed by atoms with Crippen molar-refractivity contribution in [2.75, 3.05) is 25.9 Å².